The van der Waals surface area contributed by atoms with Gasteiger partial charge < -0.3 is 10.6 Å². The Morgan fingerprint density at radius 1 is 1.29 bits per heavy atom. The Morgan fingerprint density at radius 3 is 2.71 bits per heavy atom. The lowest BCUT2D eigenvalue weighted by Crippen LogP contribution is -2.11. The van der Waals surface area contributed by atoms with Crippen LogP contribution in [0, 0.1) is 17.0 Å². The van der Waals surface area contributed by atoms with Crippen LogP contribution in [0.3, 0.4) is 0 Å². The molecular formula is C13H16N6O2. The standard InChI is InChI=1S/C13H16N6O2/c1-3-14-13-17-9(2)11(19(20)21)12(18-13)16-8-10-6-4-5-7-15-10/h4-7H,3,8H2,1-2H3,(H2,14,16,17,18). The van der Waals surface area contributed by atoms with Crippen molar-refractivity contribution in [3.05, 3.63) is 45.9 Å². The number of aromatic nitrogens is 3. The number of nitrogens with one attached hydrogen (secondary N) is 2. The first-order chi connectivity index (χ1) is 10.1. The highest BCUT2D eigenvalue weighted by molar-refractivity contribution is 5.60. The molecule has 0 saturated heterocycles. The van der Waals surface area contributed by atoms with E-state index < -0.39 is 4.92 Å². The van der Waals surface area contributed by atoms with Gasteiger partial charge in [-0.25, -0.2) is 4.98 Å². The minimum Gasteiger partial charge on any atom is -0.359 e. The zero-order valence-corrected chi connectivity index (χ0v) is 11.8. The number of nitrogens with zero attached hydrogens (tertiary/aromatic N) is 4. The fourth-order valence-corrected chi connectivity index (χ4v) is 1.82. The molecule has 8 nitrogen and oxygen atoms in total. The van der Waals surface area contributed by atoms with Gasteiger partial charge in [-0.3, -0.25) is 15.1 Å². The van der Waals surface area contributed by atoms with E-state index in [0.29, 0.717) is 24.7 Å². The molecule has 0 aliphatic heterocycles. The largest absolute Gasteiger partial charge is 0.359 e. The van der Waals surface area contributed by atoms with Crippen LogP contribution < -0.4 is 10.6 Å². The van der Waals surface area contributed by atoms with E-state index >= 15 is 0 Å². The van der Waals surface area contributed by atoms with Crippen LogP contribution in [0.4, 0.5) is 17.5 Å². The summed E-state index contributed by atoms with van der Waals surface area (Å²) in [6.45, 7) is 4.48. The third-order valence-electron chi connectivity index (χ3n) is 2.74. The molecule has 2 aromatic heterocycles. The minimum absolute atomic E-state index is 0.118. The van der Waals surface area contributed by atoms with E-state index in [0.717, 1.165) is 5.69 Å². The zero-order valence-electron chi connectivity index (χ0n) is 11.8. The van der Waals surface area contributed by atoms with Gasteiger partial charge >= 0.3 is 5.69 Å². The lowest BCUT2D eigenvalue weighted by molar-refractivity contribution is -0.385. The molecule has 0 aliphatic rings. The van der Waals surface area contributed by atoms with E-state index in [1.807, 2.05) is 25.1 Å². The van der Waals surface area contributed by atoms with E-state index in [1.165, 1.54) is 0 Å². The van der Waals surface area contributed by atoms with Crippen molar-refractivity contribution in [1.82, 2.24) is 15.0 Å². The third-order valence-corrected chi connectivity index (χ3v) is 2.74. The van der Waals surface area contributed by atoms with E-state index in [4.69, 9.17) is 0 Å². The summed E-state index contributed by atoms with van der Waals surface area (Å²) in [6.07, 6.45) is 1.67. The van der Waals surface area contributed by atoms with Gasteiger partial charge in [-0.05, 0) is 26.0 Å². The number of nitro groups is 1. The van der Waals surface area contributed by atoms with Crippen LogP contribution in [-0.4, -0.2) is 26.4 Å². The second-order valence-corrected chi connectivity index (χ2v) is 4.29. The van der Waals surface area contributed by atoms with Gasteiger partial charge in [0.05, 0.1) is 17.2 Å². The normalized spacial score (nSPS) is 10.2. The summed E-state index contributed by atoms with van der Waals surface area (Å²) in [4.78, 5) is 23.1. The first kappa shape index (κ1) is 14.6. The van der Waals surface area contributed by atoms with Crippen molar-refractivity contribution >= 4 is 17.5 Å². The maximum atomic E-state index is 11.2. The van der Waals surface area contributed by atoms with Crippen molar-refractivity contribution in [3.63, 3.8) is 0 Å². The van der Waals surface area contributed by atoms with Gasteiger partial charge in [0.25, 0.3) is 0 Å². The van der Waals surface area contributed by atoms with E-state index in [2.05, 4.69) is 25.6 Å². The molecule has 0 unspecified atom stereocenters. The molecule has 0 aliphatic carbocycles. The van der Waals surface area contributed by atoms with Crippen molar-refractivity contribution in [2.24, 2.45) is 0 Å². The highest BCUT2D eigenvalue weighted by Gasteiger charge is 2.21. The molecule has 2 N–H and O–H groups in total. The predicted molar refractivity (Wildman–Crippen MR) is 79.2 cm³/mol. The molecule has 0 aromatic carbocycles. The molecule has 0 radical (unpaired) electrons. The van der Waals surface area contributed by atoms with Crippen molar-refractivity contribution in [1.29, 1.82) is 0 Å². The summed E-state index contributed by atoms with van der Waals surface area (Å²) in [5, 5.41) is 17.1. The molecular weight excluding hydrogens is 272 g/mol. The van der Waals surface area contributed by atoms with Gasteiger partial charge in [-0.1, -0.05) is 6.07 Å². The number of pyridine rings is 1. The molecule has 8 heteroatoms. The summed E-state index contributed by atoms with van der Waals surface area (Å²) in [5.74, 6) is 0.554. The monoisotopic (exact) mass is 288 g/mol. The van der Waals surface area contributed by atoms with Crippen LogP contribution in [0.5, 0.6) is 0 Å². The van der Waals surface area contributed by atoms with Crippen molar-refractivity contribution in [2.75, 3.05) is 17.2 Å². The van der Waals surface area contributed by atoms with Gasteiger partial charge in [0, 0.05) is 12.7 Å². The quantitative estimate of drug-likeness (QED) is 0.619. The second-order valence-electron chi connectivity index (χ2n) is 4.29. The molecule has 0 saturated carbocycles. The van der Waals surface area contributed by atoms with Crippen molar-refractivity contribution in [3.8, 4) is 0 Å². The Morgan fingerprint density at radius 2 is 2.10 bits per heavy atom. The average Bonchev–Trinajstić information content (AvgIpc) is 2.45. The topological polar surface area (TPSA) is 106 Å². The smallest absolute Gasteiger partial charge is 0.332 e. The van der Waals surface area contributed by atoms with Crippen LogP contribution >= 0.6 is 0 Å². The highest BCUT2D eigenvalue weighted by atomic mass is 16.6. The summed E-state index contributed by atoms with van der Waals surface area (Å²) in [5.41, 5.74) is 0.968. The summed E-state index contributed by atoms with van der Waals surface area (Å²) in [6, 6.07) is 5.50. The van der Waals surface area contributed by atoms with Crippen molar-refractivity contribution < 1.29 is 4.92 Å². The number of rotatable bonds is 6. The molecule has 0 atom stereocenters. The number of hydrogen-bond donors (Lipinski definition) is 2. The lowest BCUT2D eigenvalue weighted by atomic mass is 10.3. The number of aryl methyl sites for hydroxylation is 1. The Balaban J connectivity index is 2.28. The Bertz CT molecular complexity index is 632. The Labute approximate surface area is 121 Å². The molecule has 0 spiro atoms. The maximum Gasteiger partial charge on any atom is 0.332 e. The Hall–Kier alpha value is -2.77. The van der Waals surface area contributed by atoms with Crippen molar-refractivity contribution in [2.45, 2.75) is 20.4 Å². The number of anilines is 2. The maximum absolute atomic E-state index is 11.2. The SMILES string of the molecule is CCNc1nc(C)c([N+](=O)[O-])c(NCc2ccccn2)n1. The molecule has 0 amide bonds. The van der Waals surface area contributed by atoms with Crippen LogP contribution in [-0.2, 0) is 6.54 Å². The van der Waals surface area contributed by atoms with Gasteiger partial charge in [-0.15, -0.1) is 0 Å². The van der Waals surface area contributed by atoms with E-state index in [9.17, 15) is 10.1 Å². The summed E-state index contributed by atoms with van der Waals surface area (Å²) < 4.78 is 0. The number of hydrogen-bond acceptors (Lipinski definition) is 7. The highest BCUT2D eigenvalue weighted by Crippen LogP contribution is 2.26. The zero-order chi connectivity index (χ0) is 15.2. The van der Waals surface area contributed by atoms with Crippen LogP contribution in [0.25, 0.3) is 0 Å². The van der Waals surface area contributed by atoms with Gasteiger partial charge in [0.1, 0.15) is 5.69 Å². The Kier molecular flexibility index (Phi) is 4.60. The summed E-state index contributed by atoms with van der Waals surface area (Å²) in [7, 11) is 0. The van der Waals surface area contributed by atoms with E-state index in [1.54, 1.807) is 13.1 Å². The molecule has 0 bridgehead atoms. The van der Waals surface area contributed by atoms with Crippen LogP contribution in [0.2, 0.25) is 0 Å². The first-order valence-corrected chi connectivity index (χ1v) is 6.52. The molecule has 2 rings (SSSR count). The molecule has 0 fully saturated rings. The van der Waals surface area contributed by atoms with Crippen LogP contribution in [0.1, 0.15) is 18.3 Å². The van der Waals surface area contributed by atoms with E-state index in [-0.39, 0.29) is 11.5 Å². The fourth-order valence-electron chi connectivity index (χ4n) is 1.82. The molecule has 2 aromatic rings. The first-order valence-electron chi connectivity index (χ1n) is 6.52. The molecule has 110 valence electrons. The lowest BCUT2D eigenvalue weighted by Gasteiger charge is -2.09. The molecule has 2 heterocycles. The van der Waals surface area contributed by atoms with Gasteiger partial charge in [0.2, 0.25) is 11.8 Å². The average molecular weight is 288 g/mol. The fraction of sp³-hybridized carbons (Fsp3) is 0.308. The summed E-state index contributed by atoms with van der Waals surface area (Å²) >= 11 is 0. The third kappa shape index (κ3) is 3.62. The van der Waals surface area contributed by atoms with Gasteiger partial charge in [-0.2, -0.15) is 4.98 Å². The molecule has 21 heavy (non-hydrogen) atoms. The second kappa shape index (κ2) is 6.60. The minimum atomic E-state index is -0.480. The predicted octanol–water partition coefficient (Wildman–Crippen LogP) is 2.13. The van der Waals surface area contributed by atoms with Crippen LogP contribution in [0.15, 0.2) is 24.4 Å². The van der Waals surface area contributed by atoms with Gasteiger partial charge in [0.15, 0.2) is 0 Å².